The molecule has 0 heterocycles. The van der Waals surface area contributed by atoms with Gasteiger partial charge in [-0.25, -0.2) is 0 Å². The first-order valence-electron chi connectivity index (χ1n) is 9.56. The summed E-state index contributed by atoms with van der Waals surface area (Å²) in [6, 6.07) is 0. The summed E-state index contributed by atoms with van der Waals surface area (Å²) in [4.78, 5) is 12.5. The average molecular weight is 413 g/mol. The number of esters is 1. The molecule has 0 amide bonds. The van der Waals surface area contributed by atoms with E-state index in [1.54, 1.807) is 0 Å². The minimum atomic E-state index is -5.71. The van der Waals surface area contributed by atoms with Gasteiger partial charge in [-0.05, 0) is 75.5 Å². The maximum Gasteiger partial charge on any atom is 0.549 e. The van der Waals surface area contributed by atoms with E-state index in [2.05, 4.69) is 0 Å². The number of alkyl halides is 3. The molecule has 0 aromatic carbocycles. The topological polar surface area (TPSA) is 87.9 Å². The Morgan fingerprint density at radius 3 is 2.22 bits per heavy atom. The lowest BCUT2D eigenvalue weighted by Gasteiger charge is -2.35. The van der Waals surface area contributed by atoms with Gasteiger partial charge in [0.2, 0.25) is 0 Å². The first kappa shape index (κ1) is 20.9. The number of sulfonamides is 1. The summed E-state index contributed by atoms with van der Waals surface area (Å²) < 4.78 is 62.1. The number of halogens is 3. The second kappa shape index (κ2) is 7.51. The van der Waals surface area contributed by atoms with E-state index in [4.69, 9.17) is 4.74 Å². The second-order valence-corrected chi connectivity index (χ2v) is 10.3. The maximum atomic E-state index is 12.5. The van der Waals surface area contributed by atoms with E-state index in [0.29, 0.717) is 37.0 Å². The minimum absolute atomic E-state index is 0.0665. The highest BCUT2D eigenvalue weighted by molar-refractivity contribution is 7.86. The molecule has 4 bridgehead atoms. The molecule has 0 spiro atoms. The van der Waals surface area contributed by atoms with Crippen LogP contribution in [-0.2, 0) is 19.6 Å². The lowest BCUT2D eigenvalue weighted by molar-refractivity contribution is -0.712. The molecule has 4 aliphatic rings. The SMILES string of the molecule is O=C(OCCCCCC[NH+]([O-])S(=O)(=O)C(F)(F)F)C12CC3CC(C1)C(C3)C2. The van der Waals surface area contributed by atoms with E-state index in [-0.39, 0.29) is 24.4 Å². The average Bonchev–Trinajstić information content (AvgIpc) is 2.99. The summed E-state index contributed by atoms with van der Waals surface area (Å²) in [5, 5.41) is 11.2. The molecule has 10 heteroatoms. The van der Waals surface area contributed by atoms with Gasteiger partial charge >= 0.3 is 21.5 Å². The number of rotatable bonds is 9. The van der Waals surface area contributed by atoms with Crippen LogP contribution in [0.3, 0.4) is 0 Å². The van der Waals surface area contributed by atoms with Gasteiger partial charge < -0.3 is 9.94 Å². The van der Waals surface area contributed by atoms with E-state index in [1.807, 2.05) is 0 Å². The highest BCUT2D eigenvalue weighted by Crippen LogP contribution is 2.64. The zero-order chi connectivity index (χ0) is 19.9. The van der Waals surface area contributed by atoms with Crippen molar-refractivity contribution in [2.75, 3.05) is 13.2 Å². The molecule has 0 aromatic rings. The largest absolute Gasteiger partial charge is 0.618 e. The van der Waals surface area contributed by atoms with Crippen LogP contribution in [0, 0.1) is 28.4 Å². The predicted octanol–water partition coefficient (Wildman–Crippen LogP) is 2.15. The molecule has 0 aromatic heterocycles. The molecule has 0 radical (unpaired) electrons. The summed E-state index contributed by atoms with van der Waals surface area (Å²) in [6.45, 7) is -0.385. The number of quaternary nitrogens is 1. The van der Waals surface area contributed by atoms with Crippen LogP contribution in [0.4, 0.5) is 13.2 Å². The zero-order valence-electron chi connectivity index (χ0n) is 15.1. The van der Waals surface area contributed by atoms with Gasteiger partial charge in [-0.2, -0.15) is 21.6 Å². The minimum Gasteiger partial charge on any atom is -0.618 e. The third-order valence-electron chi connectivity index (χ3n) is 6.47. The van der Waals surface area contributed by atoms with Crippen LogP contribution >= 0.6 is 0 Å². The van der Waals surface area contributed by atoms with Crippen molar-refractivity contribution >= 4 is 16.0 Å². The number of carbonyl (C=O) groups is 1. The van der Waals surface area contributed by atoms with E-state index >= 15 is 0 Å². The number of hydrogen-bond donors (Lipinski definition) is 1. The van der Waals surface area contributed by atoms with Crippen molar-refractivity contribution in [1.29, 1.82) is 0 Å². The third kappa shape index (κ3) is 4.12. The van der Waals surface area contributed by atoms with Crippen molar-refractivity contribution in [2.24, 2.45) is 23.2 Å². The van der Waals surface area contributed by atoms with Crippen LogP contribution < -0.4 is 4.47 Å². The number of hydrogen-bond acceptors (Lipinski definition) is 5. The second-order valence-electron chi connectivity index (χ2n) is 8.37. The van der Waals surface area contributed by atoms with Crippen LogP contribution in [-0.4, -0.2) is 33.0 Å². The normalized spacial score (nSPS) is 33.4. The molecule has 4 saturated carbocycles. The number of hydroxylamine groups is 1. The Kier molecular flexibility index (Phi) is 5.80. The Morgan fingerprint density at radius 2 is 1.67 bits per heavy atom. The lowest BCUT2D eigenvalue weighted by atomic mass is 9.69. The number of carbonyl (C=O) groups excluding carboxylic acids is 1. The monoisotopic (exact) mass is 413 g/mol. The number of ether oxygens (including phenoxy) is 1. The van der Waals surface area contributed by atoms with Crippen LogP contribution in [0.2, 0.25) is 0 Å². The van der Waals surface area contributed by atoms with Gasteiger partial charge in [0.1, 0.15) is 0 Å². The summed E-state index contributed by atoms with van der Waals surface area (Å²) in [6.07, 6.45) is 6.93. The van der Waals surface area contributed by atoms with Gasteiger partial charge in [0.15, 0.2) is 0 Å². The Bertz CT molecular complexity index is 646. The number of nitrogens with one attached hydrogen (secondary N) is 1. The van der Waals surface area contributed by atoms with Crippen LogP contribution in [0.1, 0.15) is 57.8 Å². The van der Waals surface area contributed by atoms with Crippen molar-refractivity contribution in [3.63, 3.8) is 0 Å². The first-order chi connectivity index (χ1) is 12.6. The highest BCUT2D eigenvalue weighted by Gasteiger charge is 2.59. The van der Waals surface area contributed by atoms with Crippen molar-refractivity contribution < 1.29 is 35.6 Å². The smallest absolute Gasteiger partial charge is 0.549 e. The molecule has 0 aliphatic heterocycles. The van der Waals surface area contributed by atoms with Gasteiger partial charge in [0, 0.05) is 0 Å². The van der Waals surface area contributed by atoms with E-state index < -0.39 is 26.5 Å². The molecule has 0 saturated heterocycles. The Labute approximate surface area is 157 Å². The van der Waals surface area contributed by atoms with Gasteiger partial charge in [-0.15, -0.1) is 0 Å². The highest BCUT2D eigenvalue weighted by atomic mass is 32.2. The van der Waals surface area contributed by atoms with Crippen LogP contribution in [0.5, 0.6) is 0 Å². The third-order valence-corrected chi connectivity index (χ3v) is 7.88. The van der Waals surface area contributed by atoms with Crippen LogP contribution in [0.15, 0.2) is 0 Å². The number of unbranched alkanes of at least 4 members (excludes halogenated alkanes) is 3. The summed E-state index contributed by atoms with van der Waals surface area (Å²) in [5.41, 5.74) is -5.81. The summed E-state index contributed by atoms with van der Waals surface area (Å²) in [7, 11) is -5.71. The zero-order valence-corrected chi connectivity index (χ0v) is 15.9. The fourth-order valence-corrected chi connectivity index (χ4v) is 6.04. The Hall–Kier alpha value is -0.870. The van der Waals surface area contributed by atoms with E-state index in [1.165, 1.54) is 12.8 Å². The molecule has 27 heavy (non-hydrogen) atoms. The summed E-state index contributed by atoms with van der Waals surface area (Å²) >= 11 is 0. The predicted molar refractivity (Wildman–Crippen MR) is 89.6 cm³/mol. The van der Waals surface area contributed by atoms with Gasteiger partial charge in [-0.3, -0.25) is 9.26 Å². The fraction of sp³-hybridized carbons (Fsp3) is 0.941. The molecule has 6 nitrogen and oxygen atoms in total. The van der Waals surface area contributed by atoms with E-state index in [0.717, 1.165) is 19.3 Å². The molecular weight excluding hydrogens is 387 g/mol. The first-order valence-corrected chi connectivity index (χ1v) is 11.0. The summed E-state index contributed by atoms with van der Waals surface area (Å²) in [5.74, 6) is 1.93. The van der Waals surface area contributed by atoms with Crippen molar-refractivity contribution in [1.82, 2.24) is 0 Å². The molecule has 4 aliphatic carbocycles. The molecular formula is C17H26F3NO5S. The standard InChI is InChI=1S/C17H26F3NO5S/c18-17(19,20)27(24,25)21(23)5-3-1-2-4-6-26-15(22)16-9-12-7-13(10-16)14(8-12)11-16/h12-14,21H,1-11H2. The molecule has 3 unspecified atom stereocenters. The van der Waals surface area contributed by atoms with Gasteiger partial charge in [-0.1, -0.05) is 0 Å². The molecule has 4 fully saturated rings. The molecule has 3 atom stereocenters. The van der Waals surface area contributed by atoms with Crippen molar-refractivity contribution in [3.8, 4) is 0 Å². The quantitative estimate of drug-likeness (QED) is 0.356. The fourth-order valence-electron chi connectivity index (χ4n) is 5.37. The van der Waals surface area contributed by atoms with Crippen molar-refractivity contribution in [3.05, 3.63) is 5.21 Å². The van der Waals surface area contributed by atoms with Gasteiger partial charge in [0.25, 0.3) is 0 Å². The van der Waals surface area contributed by atoms with Gasteiger partial charge in [0.05, 0.1) is 18.6 Å². The van der Waals surface area contributed by atoms with Crippen LogP contribution in [0.25, 0.3) is 0 Å². The molecule has 1 N–H and O–H groups in total. The maximum absolute atomic E-state index is 12.5. The Balaban J connectivity index is 1.29. The molecule has 156 valence electrons. The molecule has 4 rings (SSSR count). The van der Waals surface area contributed by atoms with Crippen molar-refractivity contribution in [2.45, 2.75) is 63.3 Å². The van der Waals surface area contributed by atoms with E-state index in [9.17, 15) is 31.6 Å². The Morgan fingerprint density at radius 1 is 1.07 bits per heavy atom. The lowest BCUT2D eigenvalue weighted by Crippen LogP contribution is -3.10.